The minimum Gasteiger partial charge on any atom is -0.481 e. The number of unbranched alkanes of at least 4 members (excludes halogenated alkanes) is 11. The van der Waals surface area contributed by atoms with Crippen LogP contribution >= 0.6 is 0 Å². The molecule has 0 saturated carbocycles. The maximum atomic E-state index is 10.4. The first-order valence-corrected chi connectivity index (χ1v) is 10.4. The first-order chi connectivity index (χ1) is 11.5. The van der Waals surface area contributed by atoms with E-state index in [9.17, 15) is 9.90 Å². The fraction of sp³-hybridized carbons (Fsp3) is 0.952. The number of aliphatic hydroxyl groups is 1. The molecule has 0 spiro atoms. The Kier molecular flexibility index (Phi) is 16.8. The number of hydrogen-bond acceptors (Lipinski definition) is 2. The van der Waals surface area contributed by atoms with E-state index in [4.69, 9.17) is 5.11 Å². The van der Waals surface area contributed by atoms with Gasteiger partial charge in [-0.05, 0) is 32.1 Å². The van der Waals surface area contributed by atoms with E-state index >= 15 is 0 Å². The molecular formula is C21H42O3. The number of rotatable bonds is 18. The van der Waals surface area contributed by atoms with Crippen LogP contribution in [-0.4, -0.2) is 22.3 Å². The van der Waals surface area contributed by atoms with Crippen LogP contribution in [0.3, 0.4) is 0 Å². The third kappa shape index (κ3) is 19.5. The second-order valence-corrected chi connectivity index (χ2v) is 7.71. The lowest BCUT2D eigenvalue weighted by atomic mass is 9.96. The smallest absolute Gasteiger partial charge is 0.303 e. The van der Waals surface area contributed by atoms with Crippen LogP contribution in [0.15, 0.2) is 0 Å². The van der Waals surface area contributed by atoms with Crippen molar-refractivity contribution in [2.45, 2.75) is 123 Å². The topological polar surface area (TPSA) is 57.5 Å². The van der Waals surface area contributed by atoms with E-state index in [1.807, 2.05) is 6.92 Å². The van der Waals surface area contributed by atoms with Crippen molar-refractivity contribution in [1.82, 2.24) is 0 Å². The largest absolute Gasteiger partial charge is 0.481 e. The molecule has 24 heavy (non-hydrogen) atoms. The fourth-order valence-corrected chi connectivity index (χ4v) is 3.21. The van der Waals surface area contributed by atoms with Crippen molar-refractivity contribution in [3.05, 3.63) is 0 Å². The maximum Gasteiger partial charge on any atom is 0.303 e. The van der Waals surface area contributed by atoms with Gasteiger partial charge in [0, 0.05) is 6.42 Å². The Bertz CT molecular complexity index is 276. The van der Waals surface area contributed by atoms with Gasteiger partial charge in [0.05, 0.1) is 6.10 Å². The lowest BCUT2D eigenvalue weighted by Gasteiger charge is -2.12. The van der Waals surface area contributed by atoms with Crippen molar-refractivity contribution < 1.29 is 15.0 Å². The van der Waals surface area contributed by atoms with Crippen LogP contribution in [0.1, 0.15) is 117 Å². The Morgan fingerprint density at radius 1 is 0.667 bits per heavy atom. The van der Waals surface area contributed by atoms with Gasteiger partial charge in [-0.15, -0.1) is 0 Å². The molecule has 0 amide bonds. The van der Waals surface area contributed by atoms with Gasteiger partial charge in [-0.2, -0.15) is 0 Å². The van der Waals surface area contributed by atoms with Crippen molar-refractivity contribution in [3.63, 3.8) is 0 Å². The van der Waals surface area contributed by atoms with E-state index in [0.717, 1.165) is 31.6 Å². The van der Waals surface area contributed by atoms with Gasteiger partial charge in [0.25, 0.3) is 0 Å². The first kappa shape index (κ1) is 23.4. The van der Waals surface area contributed by atoms with Gasteiger partial charge in [0.1, 0.15) is 0 Å². The summed E-state index contributed by atoms with van der Waals surface area (Å²) in [6.07, 6.45) is 18.8. The Morgan fingerprint density at radius 3 is 1.50 bits per heavy atom. The molecule has 3 nitrogen and oxygen atoms in total. The zero-order chi connectivity index (χ0) is 18.0. The molecule has 0 aliphatic rings. The molecular weight excluding hydrogens is 300 g/mol. The van der Waals surface area contributed by atoms with Crippen LogP contribution in [0.5, 0.6) is 0 Å². The molecule has 0 aromatic carbocycles. The number of aliphatic carboxylic acids is 1. The molecule has 3 heteroatoms. The van der Waals surface area contributed by atoms with Gasteiger partial charge in [0.15, 0.2) is 0 Å². The van der Waals surface area contributed by atoms with Crippen LogP contribution in [0, 0.1) is 5.92 Å². The summed E-state index contributed by atoms with van der Waals surface area (Å²) in [5.41, 5.74) is 0. The quantitative estimate of drug-likeness (QED) is 0.286. The molecule has 0 radical (unpaired) electrons. The summed E-state index contributed by atoms with van der Waals surface area (Å²) in [6, 6.07) is 0. The van der Waals surface area contributed by atoms with Gasteiger partial charge in [-0.1, -0.05) is 84.0 Å². The molecule has 0 aromatic rings. The summed E-state index contributed by atoms with van der Waals surface area (Å²) < 4.78 is 0. The lowest BCUT2D eigenvalue weighted by Crippen LogP contribution is -2.03. The molecule has 0 heterocycles. The van der Waals surface area contributed by atoms with Crippen LogP contribution < -0.4 is 0 Å². The molecule has 2 atom stereocenters. The normalized spacial score (nSPS) is 13.8. The highest BCUT2D eigenvalue weighted by Gasteiger charge is 2.04. The molecule has 144 valence electrons. The minimum absolute atomic E-state index is 0.141. The van der Waals surface area contributed by atoms with Gasteiger partial charge >= 0.3 is 5.97 Å². The molecule has 0 bridgehead atoms. The van der Waals surface area contributed by atoms with E-state index in [0.29, 0.717) is 6.42 Å². The summed E-state index contributed by atoms with van der Waals surface area (Å²) in [6.45, 7) is 4.19. The summed E-state index contributed by atoms with van der Waals surface area (Å²) in [5, 5.41) is 17.8. The van der Waals surface area contributed by atoms with Crippen LogP contribution in [-0.2, 0) is 4.79 Å². The molecule has 2 N–H and O–H groups in total. The van der Waals surface area contributed by atoms with Crippen molar-refractivity contribution in [3.8, 4) is 0 Å². The summed E-state index contributed by atoms with van der Waals surface area (Å²) in [7, 11) is 0. The predicted molar refractivity (Wildman–Crippen MR) is 102 cm³/mol. The number of aliphatic hydroxyl groups excluding tert-OH is 1. The molecule has 0 aliphatic carbocycles. The van der Waals surface area contributed by atoms with E-state index in [1.165, 1.54) is 70.6 Å². The van der Waals surface area contributed by atoms with E-state index in [2.05, 4.69) is 6.92 Å². The SMILES string of the molecule is CC(O)CCC(C)CCCCCCCCCCCCCCC(=O)O. The van der Waals surface area contributed by atoms with Gasteiger partial charge in [-0.25, -0.2) is 0 Å². The van der Waals surface area contributed by atoms with Gasteiger partial charge in [-0.3, -0.25) is 4.79 Å². The Labute approximate surface area is 150 Å². The van der Waals surface area contributed by atoms with Crippen LogP contribution in [0.4, 0.5) is 0 Å². The maximum absolute atomic E-state index is 10.4. The first-order valence-electron chi connectivity index (χ1n) is 10.4. The average molecular weight is 343 g/mol. The van der Waals surface area contributed by atoms with Crippen molar-refractivity contribution in [2.75, 3.05) is 0 Å². The summed E-state index contributed by atoms with van der Waals surface area (Å²) in [5.74, 6) is 0.0966. The van der Waals surface area contributed by atoms with Crippen molar-refractivity contribution in [2.24, 2.45) is 5.92 Å². The Hall–Kier alpha value is -0.570. The third-order valence-corrected chi connectivity index (χ3v) is 4.91. The molecule has 0 rings (SSSR count). The van der Waals surface area contributed by atoms with Gasteiger partial charge in [0.2, 0.25) is 0 Å². The van der Waals surface area contributed by atoms with Crippen molar-refractivity contribution >= 4 is 5.97 Å². The summed E-state index contributed by atoms with van der Waals surface area (Å²) in [4.78, 5) is 10.4. The Morgan fingerprint density at radius 2 is 1.08 bits per heavy atom. The van der Waals surface area contributed by atoms with E-state index in [-0.39, 0.29) is 6.10 Å². The second kappa shape index (κ2) is 17.3. The number of carbonyl (C=O) groups is 1. The zero-order valence-corrected chi connectivity index (χ0v) is 16.3. The third-order valence-electron chi connectivity index (χ3n) is 4.91. The molecule has 0 saturated heterocycles. The average Bonchev–Trinajstić information content (AvgIpc) is 2.52. The highest BCUT2D eigenvalue weighted by atomic mass is 16.4. The van der Waals surface area contributed by atoms with Crippen LogP contribution in [0.2, 0.25) is 0 Å². The highest BCUT2D eigenvalue weighted by Crippen LogP contribution is 2.17. The number of carboxylic acids is 1. The predicted octanol–water partition coefficient (Wildman–Crippen LogP) is 6.33. The van der Waals surface area contributed by atoms with Gasteiger partial charge < -0.3 is 10.2 Å². The molecule has 0 aliphatic heterocycles. The minimum atomic E-state index is -0.663. The Balaban J connectivity index is 3.11. The van der Waals surface area contributed by atoms with E-state index < -0.39 is 5.97 Å². The standard InChI is InChI=1S/C21H42O3/c1-19(17-18-20(2)22)15-13-11-9-7-5-3-4-6-8-10-12-14-16-21(23)24/h19-20,22H,3-18H2,1-2H3,(H,23,24). The fourth-order valence-electron chi connectivity index (χ4n) is 3.21. The number of carboxylic acid groups (broad SMARTS) is 1. The molecule has 0 fully saturated rings. The highest BCUT2D eigenvalue weighted by molar-refractivity contribution is 5.66. The number of hydrogen-bond donors (Lipinski definition) is 2. The lowest BCUT2D eigenvalue weighted by molar-refractivity contribution is -0.137. The van der Waals surface area contributed by atoms with Crippen molar-refractivity contribution in [1.29, 1.82) is 0 Å². The molecule has 2 unspecified atom stereocenters. The zero-order valence-electron chi connectivity index (χ0n) is 16.3. The van der Waals surface area contributed by atoms with E-state index in [1.54, 1.807) is 0 Å². The monoisotopic (exact) mass is 342 g/mol. The van der Waals surface area contributed by atoms with Crippen LogP contribution in [0.25, 0.3) is 0 Å². The second-order valence-electron chi connectivity index (χ2n) is 7.71. The summed E-state index contributed by atoms with van der Waals surface area (Å²) >= 11 is 0. The molecule has 0 aromatic heterocycles.